The average Bonchev–Trinajstić information content (AvgIpc) is 2.99. The molecular formula is C22H27F3O7. The number of hydrogen-bond donors (Lipinski definition) is 3. The van der Waals surface area contributed by atoms with Gasteiger partial charge in [-0.25, -0.2) is 0 Å². The first-order chi connectivity index (χ1) is 15.1. The van der Waals surface area contributed by atoms with Crippen molar-refractivity contribution in [1.82, 2.24) is 0 Å². The summed E-state index contributed by atoms with van der Waals surface area (Å²) in [7, 11) is 0. The number of aliphatic carboxylic acids is 1. The van der Waals surface area contributed by atoms with Gasteiger partial charge in [0.1, 0.15) is 24.2 Å². The standard InChI is InChI=1S/C22H27F3O7/c23-22(24,25)14-6-5-7-16(10-14)31-12-15(26)13-32-21-17(18(27)11-19(21)28)8-3-1-2-4-9-20(29)30/h1,3,5-7,10,15,17,19,21,26,28H,2,4,8-9,11-13H2,(H,29,30). The van der Waals surface area contributed by atoms with Crippen molar-refractivity contribution in [2.45, 2.75) is 56.6 Å². The molecule has 1 aromatic carbocycles. The summed E-state index contributed by atoms with van der Waals surface area (Å²) in [5.74, 6) is -1.71. The van der Waals surface area contributed by atoms with Gasteiger partial charge in [0.05, 0.1) is 24.4 Å². The Labute approximate surface area is 183 Å². The van der Waals surface area contributed by atoms with Crippen molar-refractivity contribution < 1.29 is 47.6 Å². The minimum absolute atomic E-state index is 0.0532. The molecule has 10 heteroatoms. The SMILES string of the molecule is O=C(O)CCCC=CCC1C(=O)CC(O)C1OCC(O)COc1cccc(C(F)(F)F)c1. The molecule has 1 fully saturated rings. The fraction of sp³-hybridized carbons (Fsp3) is 0.545. The van der Waals surface area contributed by atoms with Crippen molar-refractivity contribution in [3.05, 3.63) is 42.0 Å². The number of aliphatic hydroxyl groups excluding tert-OH is 2. The van der Waals surface area contributed by atoms with Crippen LogP contribution in [0.2, 0.25) is 0 Å². The van der Waals surface area contributed by atoms with Gasteiger partial charge in [-0.05, 0) is 37.5 Å². The maximum Gasteiger partial charge on any atom is 0.416 e. The number of ether oxygens (including phenoxy) is 2. The summed E-state index contributed by atoms with van der Waals surface area (Å²) in [4.78, 5) is 22.6. The van der Waals surface area contributed by atoms with Crippen LogP contribution in [0.25, 0.3) is 0 Å². The number of Topliss-reactive ketones (excluding diaryl/α,β-unsaturated/α-hetero) is 1. The van der Waals surface area contributed by atoms with Gasteiger partial charge in [-0.1, -0.05) is 18.2 Å². The first-order valence-electron chi connectivity index (χ1n) is 10.2. The van der Waals surface area contributed by atoms with Crippen LogP contribution in [0.5, 0.6) is 5.75 Å². The van der Waals surface area contributed by atoms with Crippen molar-refractivity contribution in [3.8, 4) is 5.75 Å². The summed E-state index contributed by atoms with van der Waals surface area (Å²) in [6.45, 7) is -0.598. The highest BCUT2D eigenvalue weighted by Gasteiger charge is 2.41. The first kappa shape index (κ1) is 25.8. The van der Waals surface area contributed by atoms with Gasteiger partial charge in [-0.2, -0.15) is 13.2 Å². The molecule has 3 N–H and O–H groups in total. The normalized spacial score (nSPS) is 22.4. The molecule has 0 spiro atoms. The van der Waals surface area contributed by atoms with Crippen molar-refractivity contribution in [3.63, 3.8) is 0 Å². The summed E-state index contributed by atoms with van der Waals surface area (Å²) < 4.78 is 49.0. The lowest BCUT2D eigenvalue weighted by atomic mass is 9.99. The maximum atomic E-state index is 12.7. The molecule has 4 unspecified atom stereocenters. The minimum Gasteiger partial charge on any atom is -0.491 e. The number of ketones is 1. The monoisotopic (exact) mass is 460 g/mol. The Hall–Kier alpha value is -2.43. The number of aliphatic hydroxyl groups is 2. The fourth-order valence-corrected chi connectivity index (χ4v) is 3.37. The topological polar surface area (TPSA) is 113 Å². The molecule has 0 bridgehead atoms. The third-order valence-corrected chi connectivity index (χ3v) is 5.00. The second-order valence-electron chi connectivity index (χ2n) is 7.63. The summed E-state index contributed by atoms with van der Waals surface area (Å²) in [5.41, 5.74) is -0.868. The summed E-state index contributed by atoms with van der Waals surface area (Å²) in [6, 6.07) is 4.26. The number of carboxylic acid groups (broad SMARTS) is 1. The Morgan fingerprint density at radius 1 is 1.25 bits per heavy atom. The molecule has 0 aromatic heterocycles. The van der Waals surface area contributed by atoms with Crippen molar-refractivity contribution >= 4 is 11.8 Å². The molecule has 1 saturated carbocycles. The molecular weight excluding hydrogens is 433 g/mol. The van der Waals surface area contributed by atoms with Crippen LogP contribution in [0.1, 0.15) is 37.7 Å². The molecule has 0 saturated heterocycles. The molecule has 2 rings (SSSR count). The van der Waals surface area contributed by atoms with E-state index in [1.807, 2.05) is 0 Å². The van der Waals surface area contributed by atoms with E-state index in [1.54, 1.807) is 12.2 Å². The number of carboxylic acids is 1. The summed E-state index contributed by atoms with van der Waals surface area (Å²) in [6.07, 6.45) is -2.70. The van der Waals surface area contributed by atoms with Gasteiger partial charge in [0, 0.05) is 18.8 Å². The predicted octanol–water partition coefficient (Wildman–Crippen LogP) is 2.98. The van der Waals surface area contributed by atoms with Crippen LogP contribution < -0.4 is 4.74 Å². The smallest absolute Gasteiger partial charge is 0.416 e. The zero-order valence-electron chi connectivity index (χ0n) is 17.3. The van der Waals surface area contributed by atoms with Gasteiger partial charge >= 0.3 is 12.1 Å². The van der Waals surface area contributed by atoms with Gasteiger partial charge in [0.15, 0.2) is 0 Å². The van der Waals surface area contributed by atoms with Crippen LogP contribution in [0.3, 0.4) is 0 Å². The Bertz CT molecular complexity index is 794. The van der Waals surface area contributed by atoms with Crippen LogP contribution in [-0.4, -0.2) is 58.6 Å². The zero-order chi connectivity index (χ0) is 23.7. The number of unbranched alkanes of at least 4 members (excludes halogenated alkanes) is 1. The number of hydrogen-bond acceptors (Lipinski definition) is 6. The van der Waals surface area contributed by atoms with E-state index in [0.29, 0.717) is 19.3 Å². The lowest BCUT2D eigenvalue weighted by Gasteiger charge is -2.22. The van der Waals surface area contributed by atoms with E-state index < -0.39 is 41.9 Å². The molecule has 0 aliphatic heterocycles. The lowest BCUT2D eigenvalue weighted by Crippen LogP contribution is -2.34. The van der Waals surface area contributed by atoms with Crippen LogP contribution >= 0.6 is 0 Å². The Morgan fingerprint density at radius 3 is 2.69 bits per heavy atom. The van der Waals surface area contributed by atoms with Crippen LogP contribution in [0.15, 0.2) is 36.4 Å². The fourth-order valence-electron chi connectivity index (χ4n) is 3.37. The quantitative estimate of drug-likeness (QED) is 0.325. The van der Waals surface area contributed by atoms with Gasteiger partial charge in [-0.15, -0.1) is 0 Å². The summed E-state index contributed by atoms with van der Waals surface area (Å²) >= 11 is 0. The molecule has 0 heterocycles. The van der Waals surface area contributed by atoms with Crippen LogP contribution in [0, 0.1) is 5.92 Å². The molecule has 32 heavy (non-hydrogen) atoms. The van der Waals surface area contributed by atoms with Crippen LogP contribution in [-0.2, 0) is 20.5 Å². The highest BCUT2D eigenvalue weighted by atomic mass is 19.4. The molecule has 1 aromatic rings. The number of alkyl halides is 3. The van der Waals surface area contributed by atoms with Gasteiger partial charge in [0.2, 0.25) is 0 Å². The van der Waals surface area contributed by atoms with Gasteiger partial charge in [0.25, 0.3) is 0 Å². The zero-order valence-corrected chi connectivity index (χ0v) is 17.3. The number of benzene rings is 1. The van der Waals surface area contributed by atoms with Crippen molar-refractivity contribution in [1.29, 1.82) is 0 Å². The number of halogens is 3. The van der Waals surface area contributed by atoms with E-state index in [4.69, 9.17) is 14.6 Å². The van der Waals surface area contributed by atoms with E-state index >= 15 is 0 Å². The third kappa shape index (κ3) is 8.25. The number of rotatable bonds is 12. The molecule has 178 valence electrons. The molecule has 0 amide bonds. The minimum atomic E-state index is -4.51. The number of carbonyl (C=O) groups is 2. The van der Waals surface area contributed by atoms with Crippen LogP contribution in [0.4, 0.5) is 13.2 Å². The third-order valence-electron chi connectivity index (χ3n) is 5.00. The maximum absolute atomic E-state index is 12.7. The lowest BCUT2D eigenvalue weighted by molar-refractivity contribution is -0.138. The second-order valence-corrected chi connectivity index (χ2v) is 7.63. The Kier molecular flexibility index (Phi) is 9.67. The summed E-state index contributed by atoms with van der Waals surface area (Å²) in [5, 5.41) is 28.8. The Balaban J connectivity index is 1.80. The van der Waals surface area contributed by atoms with Gasteiger partial charge < -0.3 is 24.8 Å². The van der Waals surface area contributed by atoms with E-state index in [0.717, 1.165) is 12.1 Å². The number of allylic oxidation sites excluding steroid dienone is 2. The Morgan fingerprint density at radius 2 is 2.00 bits per heavy atom. The molecule has 7 nitrogen and oxygen atoms in total. The highest BCUT2D eigenvalue weighted by Crippen LogP contribution is 2.31. The van der Waals surface area contributed by atoms with E-state index in [9.17, 15) is 33.0 Å². The molecule has 0 radical (unpaired) electrons. The largest absolute Gasteiger partial charge is 0.491 e. The average molecular weight is 460 g/mol. The van der Waals surface area contributed by atoms with Crippen molar-refractivity contribution in [2.75, 3.05) is 13.2 Å². The highest BCUT2D eigenvalue weighted by molar-refractivity contribution is 5.85. The number of carbonyl (C=O) groups excluding carboxylic acids is 1. The predicted molar refractivity (Wildman–Crippen MR) is 107 cm³/mol. The van der Waals surface area contributed by atoms with E-state index in [-0.39, 0.29) is 37.6 Å². The first-order valence-corrected chi connectivity index (χ1v) is 10.2. The second kappa shape index (κ2) is 12.0. The van der Waals surface area contributed by atoms with E-state index in [2.05, 4.69) is 0 Å². The molecule has 1 aliphatic rings. The van der Waals surface area contributed by atoms with E-state index in [1.165, 1.54) is 12.1 Å². The van der Waals surface area contributed by atoms with Gasteiger partial charge in [-0.3, -0.25) is 9.59 Å². The molecule has 4 atom stereocenters. The van der Waals surface area contributed by atoms with Crippen molar-refractivity contribution in [2.24, 2.45) is 5.92 Å². The molecule has 1 aliphatic carbocycles.